The highest BCUT2D eigenvalue weighted by atomic mass is 127. The number of aliphatic imine (C=N–C) groups is 1. The van der Waals surface area contributed by atoms with Gasteiger partial charge in [-0.25, -0.2) is 13.8 Å². The second kappa shape index (κ2) is 12.1. The number of alkyl halides is 4. The maximum absolute atomic E-state index is 12.2. The van der Waals surface area contributed by atoms with Crippen LogP contribution in [0.1, 0.15) is 18.6 Å². The summed E-state index contributed by atoms with van der Waals surface area (Å²) < 4.78 is 52.6. The van der Waals surface area contributed by atoms with E-state index in [1.165, 1.54) is 24.3 Å². The highest BCUT2D eigenvalue weighted by Crippen LogP contribution is 2.18. The number of guanidine groups is 1. The molecule has 0 heterocycles. The van der Waals surface area contributed by atoms with Crippen molar-refractivity contribution in [3.05, 3.63) is 29.8 Å². The van der Waals surface area contributed by atoms with Gasteiger partial charge in [-0.3, -0.25) is 0 Å². The van der Waals surface area contributed by atoms with Crippen molar-refractivity contribution in [2.24, 2.45) is 4.99 Å². The predicted molar refractivity (Wildman–Crippen MR) is 93.4 cm³/mol. The van der Waals surface area contributed by atoms with Gasteiger partial charge in [-0.15, -0.1) is 24.0 Å². The minimum atomic E-state index is -2.92. The molecule has 0 fully saturated rings. The van der Waals surface area contributed by atoms with E-state index < -0.39 is 25.7 Å². The van der Waals surface area contributed by atoms with Gasteiger partial charge >= 0.3 is 6.61 Å². The molecule has 0 aromatic heterocycles. The van der Waals surface area contributed by atoms with Crippen LogP contribution >= 0.6 is 24.0 Å². The van der Waals surface area contributed by atoms with Gasteiger partial charge in [-0.1, -0.05) is 12.1 Å². The Morgan fingerprint density at radius 3 is 2.29 bits per heavy atom. The van der Waals surface area contributed by atoms with Gasteiger partial charge in [0.15, 0.2) is 5.96 Å². The van der Waals surface area contributed by atoms with Crippen LogP contribution in [0, 0.1) is 0 Å². The molecule has 0 aliphatic heterocycles. The van der Waals surface area contributed by atoms with E-state index in [9.17, 15) is 22.7 Å². The molecule has 24 heavy (non-hydrogen) atoms. The van der Waals surface area contributed by atoms with Gasteiger partial charge in [0.2, 0.25) is 0 Å². The summed E-state index contributed by atoms with van der Waals surface area (Å²) in [5.74, 6) is 0.139. The zero-order valence-electron chi connectivity index (χ0n) is 12.9. The maximum Gasteiger partial charge on any atom is 0.387 e. The average Bonchev–Trinajstić information content (AvgIpc) is 2.49. The molecule has 0 spiro atoms. The minimum absolute atomic E-state index is 0. The van der Waals surface area contributed by atoms with Gasteiger partial charge in [0, 0.05) is 13.1 Å². The van der Waals surface area contributed by atoms with E-state index >= 15 is 0 Å². The van der Waals surface area contributed by atoms with Crippen molar-refractivity contribution in [1.29, 1.82) is 0 Å². The van der Waals surface area contributed by atoms with Crippen molar-refractivity contribution in [2.75, 3.05) is 19.6 Å². The molecule has 3 N–H and O–H groups in total. The average molecular weight is 465 g/mol. The number of aliphatic hydroxyl groups is 1. The first kappa shape index (κ1) is 22.7. The molecule has 0 aliphatic rings. The van der Waals surface area contributed by atoms with Crippen LogP contribution < -0.4 is 15.4 Å². The van der Waals surface area contributed by atoms with Crippen molar-refractivity contribution in [2.45, 2.75) is 26.1 Å². The van der Waals surface area contributed by atoms with E-state index in [1.807, 2.05) is 0 Å². The monoisotopic (exact) mass is 465 g/mol. The minimum Gasteiger partial charge on any atom is -0.435 e. The standard InChI is InChI=1S/C14H19F4N3O2.HI/c1-2-19-14(21-8-12(15)16)20-7-11(22)9-3-5-10(6-4-9)23-13(17)18;/h3-6,11-13,22H,2,7-8H2,1H3,(H2,19,20,21);1H. The van der Waals surface area contributed by atoms with Gasteiger partial charge in [0.05, 0.1) is 6.10 Å². The first-order chi connectivity index (χ1) is 10.9. The second-order valence-corrected chi connectivity index (χ2v) is 4.45. The number of rotatable bonds is 8. The van der Waals surface area contributed by atoms with Crippen LogP contribution in [0.4, 0.5) is 17.6 Å². The molecule has 0 saturated carbocycles. The number of hydrogen-bond donors (Lipinski definition) is 3. The summed E-state index contributed by atoms with van der Waals surface area (Å²) >= 11 is 0. The molecule has 0 aliphatic carbocycles. The first-order valence-corrected chi connectivity index (χ1v) is 6.95. The van der Waals surface area contributed by atoms with Crippen LogP contribution in [-0.4, -0.2) is 43.7 Å². The van der Waals surface area contributed by atoms with Gasteiger partial charge in [0.1, 0.15) is 12.3 Å². The smallest absolute Gasteiger partial charge is 0.387 e. The molecule has 1 aromatic rings. The third-order valence-electron chi connectivity index (χ3n) is 2.68. The fraction of sp³-hybridized carbons (Fsp3) is 0.500. The van der Waals surface area contributed by atoms with Crippen LogP contribution in [0.25, 0.3) is 0 Å². The molecule has 0 radical (unpaired) electrons. The summed E-state index contributed by atoms with van der Waals surface area (Å²) in [6.07, 6.45) is -3.52. The summed E-state index contributed by atoms with van der Waals surface area (Å²) in [6, 6.07) is 5.49. The number of benzene rings is 1. The topological polar surface area (TPSA) is 65.9 Å². The summed E-state index contributed by atoms with van der Waals surface area (Å²) in [5, 5.41) is 15.5. The van der Waals surface area contributed by atoms with Crippen LogP contribution in [0.3, 0.4) is 0 Å². The lowest BCUT2D eigenvalue weighted by atomic mass is 10.1. The highest BCUT2D eigenvalue weighted by molar-refractivity contribution is 14.0. The number of ether oxygens (including phenoxy) is 1. The van der Waals surface area contributed by atoms with Gasteiger partial charge in [-0.05, 0) is 24.6 Å². The number of aliphatic hydroxyl groups excluding tert-OH is 1. The molecule has 1 atom stereocenters. The van der Waals surface area contributed by atoms with Crippen molar-refractivity contribution in [3.8, 4) is 5.75 Å². The second-order valence-electron chi connectivity index (χ2n) is 4.45. The molecule has 1 rings (SSSR count). The normalized spacial score (nSPS) is 12.8. The van der Waals surface area contributed by atoms with E-state index in [2.05, 4.69) is 20.4 Å². The van der Waals surface area contributed by atoms with Gasteiger partial charge < -0.3 is 20.5 Å². The van der Waals surface area contributed by atoms with Crippen LogP contribution in [0.15, 0.2) is 29.3 Å². The first-order valence-electron chi connectivity index (χ1n) is 6.95. The molecule has 0 amide bonds. The maximum atomic E-state index is 12.2. The molecular formula is C14H20F4IN3O2. The summed E-state index contributed by atoms with van der Waals surface area (Å²) in [6.45, 7) is -1.29. The molecule has 0 bridgehead atoms. The largest absolute Gasteiger partial charge is 0.435 e. The Kier molecular flexibility index (Phi) is 11.5. The fourth-order valence-electron chi connectivity index (χ4n) is 1.68. The fourth-order valence-corrected chi connectivity index (χ4v) is 1.68. The molecule has 10 heteroatoms. The van der Waals surface area contributed by atoms with Crippen molar-refractivity contribution >= 4 is 29.9 Å². The Labute approximate surface area is 154 Å². The highest BCUT2D eigenvalue weighted by Gasteiger charge is 2.10. The molecular weight excluding hydrogens is 445 g/mol. The van der Waals surface area contributed by atoms with Gasteiger partial charge in [-0.2, -0.15) is 8.78 Å². The van der Waals surface area contributed by atoms with Crippen molar-refractivity contribution < 1.29 is 27.4 Å². The lowest BCUT2D eigenvalue weighted by Gasteiger charge is -2.16. The Bertz CT molecular complexity index is 489. The molecule has 138 valence electrons. The third kappa shape index (κ3) is 9.11. The van der Waals surface area contributed by atoms with E-state index in [0.29, 0.717) is 12.1 Å². The predicted octanol–water partition coefficient (Wildman–Crippen LogP) is 2.76. The lowest BCUT2D eigenvalue weighted by Crippen LogP contribution is -2.39. The number of hydrogen-bond acceptors (Lipinski definition) is 3. The van der Waals surface area contributed by atoms with Gasteiger partial charge in [0.25, 0.3) is 6.43 Å². The Morgan fingerprint density at radius 1 is 1.17 bits per heavy atom. The zero-order valence-corrected chi connectivity index (χ0v) is 15.2. The van der Waals surface area contributed by atoms with E-state index in [1.54, 1.807) is 6.92 Å². The SMILES string of the molecule is CCNC(=NCC(F)F)NCC(O)c1ccc(OC(F)F)cc1.I. The summed E-state index contributed by atoms with van der Waals surface area (Å²) in [4.78, 5) is 3.66. The van der Waals surface area contributed by atoms with Crippen LogP contribution in [-0.2, 0) is 0 Å². The lowest BCUT2D eigenvalue weighted by molar-refractivity contribution is -0.0498. The number of halogens is 5. The van der Waals surface area contributed by atoms with Crippen molar-refractivity contribution in [1.82, 2.24) is 10.6 Å². The van der Waals surface area contributed by atoms with Crippen molar-refractivity contribution in [3.63, 3.8) is 0 Å². The summed E-state index contributed by atoms with van der Waals surface area (Å²) in [5.41, 5.74) is 0.462. The van der Waals surface area contributed by atoms with E-state index in [-0.39, 0.29) is 42.2 Å². The van der Waals surface area contributed by atoms with Crippen LogP contribution in [0.5, 0.6) is 5.75 Å². The third-order valence-corrected chi connectivity index (χ3v) is 2.68. The van der Waals surface area contributed by atoms with E-state index in [4.69, 9.17) is 0 Å². The molecule has 0 saturated heterocycles. The molecule has 5 nitrogen and oxygen atoms in total. The Hall–Kier alpha value is -1.30. The van der Waals surface area contributed by atoms with Crippen LogP contribution in [0.2, 0.25) is 0 Å². The summed E-state index contributed by atoms with van der Waals surface area (Å²) in [7, 11) is 0. The zero-order chi connectivity index (χ0) is 17.2. The Morgan fingerprint density at radius 2 is 1.79 bits per heavy atom. The molecule has 1 aromatic carbocycles. The number of nitrogens with zero attached hydrogens (tertiary/aromatic N) is 1. The van der Waals surface area contributed by atoms with E-state index in [0.717, 1.165) is 0 Å². The quantitative estimate of drug-likeness (QED) is 0.239. The molecule has 1 unspecified atom stereocenters. The number of nitrogens with one attached hydrogen (secondary N) is 2. The Balaban J connectivity index is 0.00000529.